The Labute approximate surface area is 77.6 Å². The van der Waals surface area contributed by atoms with E-state index in [1.807, 2.05) is 0 Å². The Morgan fingerprint density at radius 2 is 0.750 bits per heavy atom. The second kappa shape index (κ2) is 17.8. The van der Waals surface area contributed by atoms with Crippen LogP contribution in [0.1, 0.15) is 0 Å². The summed E-state index contributed by atoms with van der Waals surface area (Å²) in [5, 5.41) is 0. The van der Waals surface area contributed by atoms with Crippen molar-refractivity contribution in [2.45, 2.75) is 0 Å². The molecule has 0 aliphatic heterocycles. The van der Waals surface area contributed by atoms with Crippen LogP contribution in [0.2, 0.25) is 0 Å². The van der Waals surface area contributed by atoms with Crippen molar-refractivity contribution in [3.63, 3.8) is 0 Å². The molecule has 0 aromatic carbocycles. The van der Waals surface area contributed by atoms with Gasteiger partial charge in [-0.15, -0.1) is 0 Å². The van der Waals surface area contributed by atoms with Crippen LogP contribution < -0.4 is 0 Å². The van der Waals surface area contributed by atoms with Crippen molar-refractivity contribution >= 4 is 0 Å². The van der Waals surface area contributed by atoms with Gasteiger partial charge in [0.1, 0.15) is 0 Å². The Balaban J connectivity index is 0. The van der Waals surface area contributed by atoms with E-state index in [-0.39, 0.29) is 78.7 Å². The molecule has 0 heterocycles. The van der Waals surface area contributed by atoms with Gasteiger partial charge >= 0.3 is 0 Å². The minimum atomic E-state index is 0. The Hall–Kier alpha value is 2.52. The fourth-order valence-corrected chi connectivity index (χ4v) is 0. The van der Waals surface area contributed by atoms with Gasteiger partial charge in [0.2, 0.25) is 0 Å². The minimum absolute atomic E-state index is 0. The first-order valence-corrected chi connectivity index (χ1v) is 0. The maximum absolute atomic E-state index is 0. The summed E-state index contributed by atoms with van der Waals surface area (Å²) in [7, 11) is 0. The molecule has 2 radical (unpaired) electrons. The molecule has 0 bridgehead atoms. The third kappa shape index (κ3) is 8.82. The van der Waals surface area contributed by atoms with E-state index in [2.05, 4.69) is 0 Å². The van der Waals surface area contributed by atoms with Crippen LogP contribution in [0.4, 0.5) is 0 Å². The summed E-state index contributed by atoms with van der Waals surface area (Å²) in [6.07, 6.45) is 0. The predicted molar refractivity (Wildman–Crippen MR) is 0 cm³/mol. The zero-order chi connectivity index (χ0) is 0. The molecule has 0 nitrogen and oxygen atoms in total. The van der Waals surface area contributed by atoms with Gasteiger partial charge in [-0.3, -0.25) is 0 Å². The average molecular weight is 557 g/mol. The van der Waals surface area contributed by atoms with Gasteiger partial charge in [0.25, 0.3) is 0 Å². The summed E-state index contributed by atoms with van der Waals surface area (Å²) in [5.41, 5.74) is 0. The van der Waals surface area contributed by atoms with E-state index in [0.717, 1.165) is 0 Å². The number of hydrogen-bond acceptors (Lipinski definition) is 0. The van der Waals surface area contributed by atoms with E-state index in [4.69, 9.17) is 0 Å². The Bertz CT molecular complexity index is 6.00. The van der Waals surface area contributed by atoms with E-state index in [1.165, 1.54) is 0 Å². The molecule has 0 saturated carbocycles. The normalized spacial score (nSPS) is 0. The molecule has 4 heteroatoms. The smallest absolute Gasteiger partial charge is 0 e. The molecule has 0 amide bonds. The van der Waals surface area contributed by atoms with Crippen molar-refractivity contribution in [1.82, 2.24) is 0 Å². The van der Waals surface area contributed by atoms with Gasteiger partial charge in [-0.2, -0.15) is 0 Å². The van der Waals surface area contributed by atoms with E-state index in [0.29, 0.717) is 0 Å². The standard InChI is InChI=1S/Cu.2Pt.Rh. The molecule has 0 saturated heterocycles. The van der Waals surface area contributed by atoms with Crippen LogP contribution in [0.3, 0.4) is 0 Å². The van der Waals surface area contributed by atoms with Gasteiger partial charge in [0.15, 0.2) is 0 Å². The SMILES string of the molecule is [Cu].[Pt].[Pt].[Rh]. The molecule has 4 heavy (non-hydrogen) atoms. The van der Waals surface area contributed by atoms with Gasteiger partial charge in [0.05, 0.1) is 0 Å². The molecule has 40 valence electrons. The van der Waals surface area contributed by atoms with Crippen LogP contribution in [0.25, 0.3) is 0 Å². The van der Waals surface area contributed by atoms with E-state index in [9.17, 15) is 0 Å². The largest absolute Gasteiger partial charge is 0 e. The maximum Gasteiger partial charge on any atom is 0 e. The average Bonchev–Trinajstić information content (AvgIpc) is 0. The third-order valence-corrected chi connectivity index (χ3v) is 0. The van der Waals surface area contributed by atoms with Crippen molar-refractivity contribution in [3.8, 4) is 0 Å². The molecule has 0 aliphatic rings. The molecule has 0 aromatic rings. The first-order chi connectivity index (χ1) is 0. The summed E-state index contributed by atoms with van der Waals surface area (Å²) in [6, 6.07) is 0. The van der Waals surface area contributed by atoms with Crippen LogP contribution in [0.15, 0.2) is 0 Å². The molecule has 0 N–H and O–H groups in total. The summed E-state index contributed by atoms with van der Waals surface area (Å²) in [5.74, 6) is 0. The van der Waals surface area contributed by atoms with Gasteiger partial charge in [-0.25, -0.2) is 0 Å². The molecule has 0 aliphatic carbocycles. The third-order valence-electron chi connectivity index (χ3n) is 0. The number of hydrogen-bond donors (Lipinski definition) is 0. The van der Waals surface area contributed by atoms with Crippen LogP contribution in [0, 0.1) is 0 Å². The second-order valence-corrected chi connectivity index (χ2v) is 0. The molecule has 0 rings (SSSR count). The monoisotopic (exact) mass is 556 g/mol. The van der Waals surface area contributed by atoms with Crippen molar-refractivity contribution in [2.24, 2.45) is 0 Å². The van der Waals surface area contributed by atoms with Gasteiger partial charge < -0.3 is 0 Å². The van der Waals surface area contributed by atoms with Crippen LogP contribution in [0.5, 0.6) is 0 Å². The summed E-state index contributed by atoms with van der Waals surface area (Å²) >= 11 is 0. The summed E-state index contributed by atoms with van der Waals surface area (Å²) < 4.78 is 0. The predicted octanol–water partition coefficient (Wildman–Crippen LogP) is -0.0100. The van der Waals surface area contributed by atoms with Crippen molar-refractivity contribution in [3.05, 3.63) is 0 Å². The van der Waals surface area contributed by atoms with Gasteiger partial charge in [0, 0.05) is 78.7 Å². The van der Waals surface area contributed by atoms with Crippen molar-refractivity contribution in [2.75, 3.05) is 0 Å². The molecular formula is CuPt2Rh. The Kier molecular flexibility index (Phi) is 139. The van der Waals surface area contributed by atoms with Crippen molar-refractivity contribution in [1.29, 1.82) is 0 Å². The van der Waals surface area contributed by atoms with Gasteiger partial charge in [-0.05, 0) is 0 Å². The van der Waals surface area contributed by atoms with Gasteiger partial charge in [-0.1, -0.05) is 0 Å². The summed E-state index contributed by atoms with van der Waals surface area (Å²) in [6.45, 7) is 0. The topological polar surface area (TPSA) is 0 Å². The molecular weight excluding hydrogens is 557 g/mol. The quantitative estimate of drug-likeness (QED) is 0.369. The minimum Gasteiger partial charge on any atom is 0 e. The maximum atomic E-state index is 0. The zero-order valence-corrected chi connectivity index (χ0v) is 8.39. The molecule has 0 atom stereocenters. The van der Waals surface area contributed by atoms with Crippen molar-refractivity contribution < 1.29 is 78.7 Å². The van der Waals surface area contributed by atoms with E-state index < -0.39 is 0 Å². The van der Waals surface area contributed by atoms with Crippen LogP contribution >= 0.6 is 0 Å². The molecule has 0 unspecified atom stereocenters. The fraction of sp³-hybridized carbons (Fsp3) is 0. The van der Waals surface area contributed by atoms with E-state index in [1.54, 1.807) is 0 Å². The zero-order valence-electron chi connectivity index (χ0n) is 1.27. The van der Waals surface area contributed by atoms with Crippen LogP contribution in [-0.2, 0) is 78.7 Å². The Morgan fingerprint density at radius 3 is 0.750 bits per heavy atom. The Morgan fingerprint density at radius 1 is 0.750 bits per heavy atom. The number of rotatable bonds is 0. The van der Waals surface area contributed by atoms with Crippen LogP contribution in [-0.4, -0.2) is 0 Å². The first kappa shape index (κ1) is 31.3. The fourth-order valence-electron chi connectivity index (χ4n) is 0. The summed E-state index contributed by atoms with van der Waals surface area (Å²) in [4.78, 5) is 0. The molecule has 0 aromatic heterocycles. The first-order valence-electron chi connectivity index (χ1n) is 0. The second-order valence-electron chi connectivity index (χ2n) is 0. The molecule has 0 fully saturated rings. The molecule has 0 spiro atoms. The van der Waals surface area contributed by atoms with E-state index >= 15 is 0 Å².